The average molecular weight is 453 g/mol. The maximum Gasteiger partial charge on any atom is 0.260 e. The Balaban J connectivity index is 1.55. The highest BCUT2D eigenvalue weighted by atomic mass is 35.5. The third kappa shape index (κ3) is 3.66. The number of nitrogens with zero attached hydrogens (tertiary/aromatic N) is 1. The molecule has 0 saturated carbocycles. The van der Waals surface area contributed by atoms with Crippen molar-refractivity contribution < 1.29 is 14.2 Å². The van der Waals surface area contributed by atoms with Gasteiger partial charge in [-0.2, -0.15) is 0 Å². The first kappa shape index (κ1) is 19.7. The fourth-order valence-electron chi connectivity index (χ4n) is 3.48. The summed E-state index contributed by atoms with van der Waals surface area (Å²) in [6.45, 7) is 0.932. The second kappa shape index (κ2) is 8.09. The molecule has 1 aliphatic rings. The molecule has 0 radical (unpaired) electrons. The smallest absolute Gasteiger partial charge is 0.260 e. The number of aromatic nitrogens is 2. The number of benzene rings is 2. The molecule has 0 aliphatic carbocycles. The Morgan fingerprint density at radius 2 is 2.03 bits per heavy atom. The summed E-state index contributed by atoms with van der Waals surface area (Å²) in [5.74, 6) is 2.01. The molecule has 3 heterocycles. The van der Waals surface area contributed by atoms with E-state index < -0.39 is 0 Å². The first-order valence-electron chi connectivity index (χ1n) is 9.56. The molecule has 4 aromatic rings. The van der Waals surface area contributed by atoms with E-state index in [1.807, 2.05) is 41.8 Å². The van der Waals surface area contributed by atoms with Gasteiger partial charge in [-0.1, -0.05) is 41.9 Å². The monoisotopic (exact) mass is 452 g/mol. The van der Waals surface area contributed by atoms with Crippen molar-refractivity contribution in [3.8, 4) is 28.4 Å². The van der Waals surface area contributed by atoms with Gasteiger partial charge < -0.3 is 19.2 Å². The molecule has 0 spiro atoms. The van der Waals surface area contributed by atoms with Crippen LogP contribution in [0.1, 0.15) is 11.4 Å². The van der Waals surface area contributed by atoms with Crippen LogP contribution in [-0.2, 0) is 0 Å². The van der Waals surface area contributed by atoms with Crippen LogP contribution >= 0.6 is 22.9 Å². The Labute approximate surface area is 186 Å². The molecule has 5 rings (SSSR count). The zero-order valence-corrected chi connectivity index (χ0v) is 18.0. The van der Waals surface area contributed by atoms with E-state index in [0.717, 1.165) is 16.7 Å². The molecule has 0 unspecified atom stereocenters. The molecule has 0 bridgehead atoms. The number of nitrogens with one attached hydrogen (secondary N) is 1. The van der Waals surface area contributed by atoms with Crippen molar-refractivity contribution in [2.24, 2.45) is 0 Å². The molecule has 6 nitrogen and oxygen atoms in total. The van der Waals surface area contributed by atoms with Crippen molar-refractivity contribution >= 4 is 44.3 Å². The van der Waals surface area contributed by atoms with Crippen molar-refractivity contribution in [2.45, 2.75) is 0 Å². The number of H-pyrrole nitrogens is 1. The number of ether oxygens (including phenoxy) is 3. The van der Waals surface area contributed by atoms with Crippen LogP contribution in [0.2, 0.25) is 0 Å². The van der Waals surface area contributed by atoms with E-state index in [9.17, 15) is 4.79 Å². The van der Waals surface area contributed by atoms with Crippen LogP contribution in [0.25, 0.3) is 32.5 Å². The van der Waals surface area contributed by atoms with Crippen LogP contribution in [0.15, 0.2) is 52.6 Å². The Hall–Kier alpha value is -3.29. The van der Waals surface area contributed by atoms with Crippen LogP contribution in [-0.4, -0.2) is 30.3 Å². The summed E-state index contributed by atoms with van der Waals surface area (Å²) in [5, 5.41) is 2.80. The first-order valence-corrected chi connectivity index (χ1v) is 10.8. The molecule has 0 atom stereocenters. The number of thiophene rings is 1. The lowest BCUT2D eigenvalue weighted by Gasteiger charge is -2.21. The molecule has 31 heavy (non-hydrogen) atoms. The first-order chi connectivity index (χ1) is 15.1. The number of hydrogen-bond acceptors (Lipinski definition) is 6. The van der Waals surface area contributed by atoms with E-state index >= 15 is 0 Å². The maximum absolute atomic E-state index is 12.9. The average Bonchev–Trinajstić information content (AvgIpc) is 3.24. The van der Waals surface area contributed by atoms with Gasteiger partial charge in [0.1, 0.15) is 18.0 Å². The number of aromatic amines is 1. The van der Waals surface area contributed by atoms with Crippen molar-refractivity contribution in [3.05, 3.63) is 69.6 Å². The second-order valence-electron chi connectivity index (χ2n) is 6.85. The summed E-state index contributed by atoms with van der Waals surface area (Å²) >= 11 is 7.95. The van der Waals surface area contributed by atoms with Gasteiger partial charge in [0, 0.05) is 10.9 Å². The van der Waals surface area contributed by atoms with Gasteiger partial charge in [0.2, 0.25) is 5.75 Å². The molecular formula is C23H17ClN2O4S. The van der Waals surface area contributed by atoms with Crippen LogP contribution in [0.5, 0.6) is 17.2 Å². The van der Waals surface area contributed by atoms with Gasteiger partial charge in [-0.15, -0.1) is 11.3 Å². The molecule has 0 amide bonds. The second-order valence-corrected chi connectivity index (χ2v) is 8.12. The van der Waals surface area contributed by atoms with Crippen LogP contribution in [0, 0.1) is 0 Å². The van der Waals surface area contributed by atoms with Crippen LogP contribution in [0.4, 0.5) is 0 Å². The van der Waals surface area contributed by atoms with Crippen molar-refractivity contribution in [1.29, 1.82) is 0 Å². The fourth-order valence-corrected chi connectivity index (χ4v) is 4.65. The molecule has 1 aliphatic heterocycles. The predicted octanol–water partition coefficient (Wildman–Crippen LogP) is 5.17. The van der Waals surface area contributed by atoms with Gasteiger partial charge in [-0.05, 0) is 29.3 Å². The summed E-state index contributed by atoms with van der Waals surface area (Å²) in [6.07, 6.45) is 1.71. The van der Waals surface area contributed by atoms with Crippen molar-refractivity contribution in [1.82, 2.24) is 9.97 Å². The SMILES string of the molecule is COc1cc(/C=C(\Cl)c2nc3scc(-c4ccccc4)c3c(=O)[nH]2)cc2c1OCCO2. The molecule has 2 aromatic heterocycles. The van der Waals surface area contributed by atoms with E-state index in [4.69, 9.17) is 25.8 Å². The summed E-state index contributed by atoms with van der Waals surface area (Å²) in [4.78, 5) is 20.9. The van der Waals surface area contributed by atoms with E-state index in [1.54, 1.807) is 19.3 Å². The Bertz CT molecular complexity index is 1340. The standard InChI is InChI=1S/C23H17ClN2O4S/c1-28-17-10-13(11-18-20(17)30-8-7-29-18)9-16(24)21-25-22(27)19-15(12-31-23(19)26-21)14-5-3-2-4-6-14/h2-6,9-12H,7-8H2,1H3,(H,25,26,27)/b16-9-. The highest BCUT2D eigenvalue weighted by Crippen LogP contribution is 2.41. The number of fused-ring (bicyclic) bond motifs is 2. The molecule has 156 valence electrons. The highest BCUT2D eigenvalue weighted by Gasteiger charge is 2.19. The van der Waals surface area contributed by atoms with E-state index in [0.29, 0.717) is 51.5 Å². The number of halogens is 1. The number of methoxy groups -OCH3 is 1. The summed E-state index contributed by atoms with van der Waals surface area (Å²) in [6, 6.07) is 13.4. The van der Waals surface area contributed by atoms with Gasteiger partial charge in [-0.25, -0.2) is 4.98 Å². The van der Waals surface area contributed by atoms with E-state index in [2.05, 4.69) is 9.97 Å². The number of rotatable bonds is 4. The zero-order chi connectivity index (χ0) is 21.4. The lowest BCUT2D eigenvalue weighted by Crippen LogP contribution is -2.16. The zero-order valence-electron chi connectivity index (χ0n) is 16.5. The Morgan fingerprint density at radius 1 is 1.23 bits per heavy atom. The largest absolute Gasteiger partial charge is 0.493 e. The Morgan fingerprint density at radius 3 is 2.84 bits per heavy atom. The van der Waals surface area contributed by atoms with E-state index in [1.165, 1.54) is 11.3 Å². The molecule has 8 heteroatoms. The Kier molecular flexibility index (Phi) is 5.13. The molecule has 0 saturated heterocycles. The third-order valence-corrected chi connectivity index (χ3v) is 6.06. The van der Waals surface area contributed by atoms with Gasteiger partial charge in [0.25, 0.3) is 5.56 Å². The van der Waals surface area contributed by atoms with Crippen molar-refractivity contribution in [2.75, 3.05) is 20.3 Å². The molecular weight excluding hydrogens is 436 g/mol. The predicted molar refractivity (Wildman–Crippen MR) is 123 cm³/mol. The van der Waals surface area contributed by atoms with Crippen LogP contribution in [0.3, 0.4) is 0 Å². The highest BCUT2D eigenvalue weighted by molar-refractivity contribution is 7.17. The topological polar surface area (TPSA) is 73.4 Å². The summed E-state index contributed by atoms with van der Waals surface area (Å²) in [7, 11) is 1.57. The van der Waals surface area contributed by atoms with Gasteiger partial charge in [0.15, 0.2) is 17.3 Å². The minimum Gasteiger partial charge on any atom is -0.493 e. The lowest BCUT2D eigenvalue weighted by atomic mass is 10.1. The quantitative estimate of drug-likeness (QED) is 0.462. The fraction of sp³-hybridized carbons (Fsp3) is 0.130. The minimum absolute atomic E-state index is 0.230. The molecule has 0 fully saturated rings. The van der Waals surface area contributed by atoms with Crippen molar-refractivity contribution in [3.63, 3.8) is 0 Å². The lowest BCUT2D eigenvalue weighted by molar-refractivity contribution is 0.165. The normalized spacial score (nSPS) is 13.4. The van der Waals surface area contributed by atoms with Gasteiger partial charge in [-0.3, -0.25) is 4.79 Å². The summed E-state index contributed by atoms with van der Waals surface area (Å²) < 4.78 is 16.7. The summed E-state index contributed by atoms with van der Waals surface area (Å²) in [5.41, 5.74) is 2.34. The maximum atomic E-state index is 12.9. The van der Waals surface area contributed by atoms with Gasteiger partial charge in [0.05, 0.1) is 17.5 Å². The van der Waals surface area contributed by atoms with Crippen LogP contribution < -0.4 is 19.8 Å². The van der Waals surface area contributed by atoms with E-state index in [-0.39, 0.29) is 5.56 Å². The third-order valence-electron chi connectivity index (χ3n) is 4.90. The number of hydrogen-bond donors (Lipinski definition) is 1. The molecule has 2 aromatic carbocycles. The molecule has 1 N–H and O–H groups in total. The van der Waals surface area contributed by atoms with Gasteiger partial charge >= 0.3 is 0 Å². The minimum atomic E-state index is -0.230.